The lowest BCUT2D eigenvalue weighted by molar-refractivity contribution is 0.0978. The Kier molecular flexibility index (Phi) is 3.27. The molecule has 2 aliphatic heterocycles. The van der Waals surface area contributed by atoms with E-state index in [1.807, 2.05) is 0 Å². The molecule has 0 saturated carbocycles. The van der Waals surface area contributed by atoms with Gasteiger partial charge in [0.2, 0.25) is 0 Å². The van der Waals surface area contributed by atoms with E-state index in [9.17, 15) is 0 Å². The van der Waals surface area contributed by atoms with E-state index in [1.54, 1.807) is 0 Å². The molecule has 3 nitrogen and oxygen atoms in total. The van der Waals surface area contributed by atoms with Crippen molar-refractivity contribution in [1.82, 2.24) is 14.8 Å². The minimum absolute atomic E-state index is 0.565. The summed E-state index contributed by atoms with van der Waals surface area (Å²) in [5.74, 6) is 0. The van der Waals surface area contributed by atoms with Crippen molar-refractivity contribution in [2.24, 2.45) is 12.5 Å². The maximum Gasteiger partial charge on any atom is 0.0477 e. The Balaban J connectivity index is 1.51. The van der Waals surface area contributed by atoms with Gasteiger partial charge in [0.05, 0.1) is 0 Å². The topological polar surface area (TPSA) is 20.2 Å². The van der Waals surface area contributed by atoms with Crippen molar-refractivity contribution in [3.63, 3.8) is 0 Å². The van der Waals surface area contributed by atoms with Gasteiger partial charge in [-0.15, -0.1) is 0 Å². The van der Waals surface area contributed by atoms with Gasteiger partial charge in [0.1, 0.15) is 0 Å². The van der Waals surface area contributed by atoms with Gasteiger partial charge in [-0.1, -0.05) is 6.07 Å². The molecule has 0 radical (unpaired) electrons. The van der Waals surface area contributed by atoms with Crippen LogP contribution in [0.3, 0.4) is 0 Å². The zero-order chi connectivity index (χ0) is 14.3. The summed E-state index contributed by atoms with van der Waals surface area (Å²) < 4.78 is 2.19. The summed E-state index contributed by atoms with van der Waals surface area (Å²) >= 11 is 0. The maximum absolute atomic E-state index is 3.56. The van der Waals surface area contributed by atoms with Crippen LogP contribution in [0, 0.1) is 5.41 Å². The molecule has 3 heterocycles. The van der Waals surface area contributed by atoms with E-state index in [2.05, 4.69) is 52.3 Å². The van der Waals surface area contributed by atoms with Crippen LogP contribution in [-0.2, 0) is 13.6 Å². The van der Waals surface area contributed by atoms with E-state index in [-0.39, 0.29) is 0 Å². The quantitative estimate of drug-likeness (QED) is 0.914. The van der Waals surface area contributed by atoms with Crippen molar-refractivity contribution in [3.05, 3.63) is 36.0 Å². The fourth-order valence-corrected chi connectivity index (χ4v) is 4.28. The molecule has 2 saturated heterocycles. The van der Waals surface area contributed by atoms with Gasteiger partial charge in [-0.25, -0.2) is 0 Å². The maximum atomic E-state index is 3.56. The Hall–Kier alpha value is -1.32. The van der Waals surface area contributed by atoms with Gasteiger partial charge in [-0.2, -0.15) is 0 Å². The second-order valence-corrected chi connectivity index (χ2v) is 7.06. The average Bonchev–Trinajstić information content (AvgIpc) is 3.07. The fourth-order valence-electron chi connectivity index (χ4n) is 4.28. The number of nitrogens with one attached hydrogen (secondary N) is 1. The van der Waals surface area contributed by atoms with Crippen LogP contribution in [-0.4, -0.2) is 35.6 Å². The Bertz CT molecular complexity index is 637. The number of benzene rings is 1. The molecular weight excluding hydrogens is 258 g/mol. The van der Waals surface area contributed by atoms with Crippen LogP contribution in [0.15, 0.2) is 30.5 Å². The van der Waals surface area contributed by atoms with Crippen LogP contribution < -0.4 is 5.32 Å². The van der Waals surface area contributed by atoms with Gasteiger partial charge >= 0.3 is 0 Å². The lowest BCUT2D eigenvalue weighted by Crippen LogP contribution is -2.43. The fraction of sp³-hybridized carbons (Fsp3) is 0.556. The average molecular weight is 283 g/mol. The van der Waals surface area contributed by atoms with Crippen LogP contribution >= 0.6 is 0 Å². The Morgan fingerprint density at radius 1 is 1.24 bits per heavy atom. The summed E-state index contributed by atoms with van der Waals surface area (Å²) in [6, 6.07) is 9.15. The highest BCUT2D eigenvalue weighted by molar-refractivity contribution is 5.80. The van der Waals surface area contributed by atoms with Gasteiger partial charge < -0.3 is 9.88 Å². The molecule has 2 aromatic rings. The minimum atomic E-state index is 0.565. The first kappa shape index (κ1) is 13.4. The minimum Gasteiger partial charge on any atom is -0.351 e. The summed E-state index contributed by atoms with van der Waals surface area (Å²) in [7, 11) is 2.11. The molecule has 1 aromatic carbocycles. The molecule has 1 spiro atoms. The van der Waals surface area contributed by atoms with Crippen molar-refractivity contribution in [3.8, 4) is 0 Å². The summed E-state index contributed by atoms with van der Waals surface area (Å²) in [6.45, 7) is 6.07. The van der Waals surface area contributed by atoms with E-state index in [4.69, 9.17) is 0 Å². The highest BCUT2D eigenvalue weighted by Crippen LogP contribution is 2.36. The molecule has 1 unspecified atom stereocenters. The standard InChI is InChI=1S/C18H25N3/c1-20-10-5-16-11-15(3-4-17(16)20)12-21-9-2-6-18(14-21)7-8-19-13-18/h3-5,10-11,19H,2,6-9,12-14H2,1H3. The largest absolute Gasteiger partial charge is 0.351 e. The predicted molar refractivity (Wildman–Crippen MR) is 87.3 cm³/mol. The number of rotatable bonds is 2. The van der Waals surface area contributed by atoms with Gasteiger partial charge in [-0.05, 0) is 66.9 Å². The summed E-state index contributed by atoms with van der Waals surface area (Å²) in [6.07, 6.45) is 6.28. The first-order valence-corrected chi connectivity index (χ1v) is 8.21. The first-order valence-electron chi connectivity index (χ1n) is 8.21. The number of hydrogen-bond donors (Lipinski definition) is 1. The number of nitrogens with zero attached hydrogens (tertiary/aromatic N) is 2. The van der Waals surface area contributed by atoms with Crippen molar-refractivity contribution < 1.29 is 0 Å². The third-order valence-electron chi connectivity index (χ3n) is 5.43. The van der Waals surface area contributed by atoms with E-state index in [1.165, 1.54) is 61.9 Å². The van der Waals surface area contributed by atoms with Gasteiger partial charge in [0.25, 0.3) is 0 Å². The molecule has 21 heavy (non-hydrogen) atoms. The van der Waals surface area contributed by atoms with Gasteiger partial charge in [0.15, 0.2) is 0 Å². The van der Waals surface area contributed by atoms with Crippen LogP contribution in [0.25, 0.3) is 10.9 Å². The molecule has 0 amide bonds. The number of fused-ring (bicyclic) bond motifs is 1. The molecule has 1 aromatic heterocycles. The molecule has 2 fully saturated rings. The number of likely N-dealkylation sites (tertiary alicyclic amines) is 1. The molecule has 2 aliphatic rings. The number of piperidine rings is 1. The summed E-state index contributed by atoms with van der Waals surface area (Å²) in [5, 5.41) is 4.93. The van der Waals surface area contributed by atoms with Gasteiger partial charge in [-0.3, -0.25) is 4.90 Å². The molecule has 112 valence electrons. The van der Waals surface area contributed by atoms with E-state index < -0.39 is 0 Å². The monoisotopic (exact) mass is 283 g/mol. The van der Waals surface area contributed by atoms with Crippen LogP contribution in [0.5, 0.6) is 0 Å². The Labute approximate surface area is 126 Å². The van der Waals surface area contributed by atoms with Crippen molar-refractivity contribution in [2.75, 3.05) is 26.2 Å². The second kappa shape index (κ2) is 5.15. The molecular formula is C18H25N3. The lowest BCUT2D eigenvalue weighted by atomic mass is 9.79. The zero-order valence-corrected chi connectivity index (χ0v) is 12.9. The highest BCUT2D eigenvalue weighted by Gasteiger charge is 2.37. The number of hydrogen-bond acceptors (Lipinski definition) is 2. The van der Waals surface area contributed by atoms with Crippen LogP contribution in [0.1, 0.15) is 24.8 Å². The lowest BCUT2D eigenvalue weighted by Gasteiger charge is -2.40. The third-order valence-corrected chi connectivity index (χ3v) is 5.43. The second-order valence-electron chi connectivity index (χ2n) is 7.06. The van der Waals surface area contributed by atoms with E-state index in [0.717, 1.165) is 6.54 Å². The SMILES string of the molecule is Cn1ccc2cc(CN3CCCC4(CCNC4)C3)ccc21. The summed E-state index contributed by atoms with van der Waals surface area (Å²) in [4.78, 5) is 2.67. The predicted octanol–water partition coefficient (Wildman–Crippen LogP) is 2.75. The smallest absolute Gasteiger partial charge is 0.0477 e. The molecule has 3 heteroatoms. The van der Waals surface area contributed by atoms with Crippen LogP contribution in [0.2, 0.25) is 0 Å². The number of aryl methyl sites for hydroxylation is 1. The van der Waals surface area contributed by atoms with E-state index >= 15 is 0 Å². The van der Waals surface area contributed by atoms with Crippen molar-refractivity contribution in [1.29, 1.82) is 0 Å². The summed E-state index contributed by atoms with van der Waals surface area (Å²) in [5.41, 5.74) is 3.35. The van der Waals surface area contributed by atoms with Crippen LogP contribution in [0.4, 0.5) is 0 Å². The Morgan fingerprint density at radius 3 is 3.05 bits per heavy atom. The third kappa shape index (κ3) is 2.49. The molecule has 1 atom stereocenters. The highest BCUT2D eigenvalue weighted by atomic mass is 15.1. The van der Waals surface area contributed by atoms with Gasteiger partial charge in [0, 0.05) is 38.4 Å². The van der Waals surface area contributed by atoms with E-state index in [0.29, 0.717) is 5.41 Å². The zero-order valence-electron chi connectivity index (χ0n) is 12.9. The Morgan fingerprint density at radius 2 is 2.19 bits per heavy atom. The molecule has 1 N–H and O–H groups in total. The first-order chi connectivity index (χ1) is 10.2. The molecule has 4 rings (SSSR count). The van der Waals surface area contributed by atoms with Crippen molar-refractivity contribution >= 4 is 10.9 Å². The molecule has 0 aliphatic carbocycles. The normalized spacial score (nSPS) is 26.9. The molecule has 0 bridgehead atoms. The number of aromatic nitrogens is 1. The van der Waals surface area contributed by atoms with Crippen molar-refractivity contribution in [2.45, 2.75) is 25.8 Å².